The van der Waals surface area contributed by atoms with Gasteiger partial charge in [0, 0.05) is 12.1 Å². The minimum atomic E-state index is -0.996. The molecule has 2 rings (SSSR count). The number of aryl methyl sites for hydroxylation is 1. The Kier molecular flexibility index (Phi) is 5.92. The Labute approximate surface area is 136 Å². The van der Waals surface area contributed by atoms with E-state index in [1.807, 2.05) is 30.3 Å². The highest BCUT2D eigenvalue weighted by Crippen LogP contribution is 2.21. The fraction of sp³-hybridized carbons (Fsp3) is 0.263. The van der Waals surface area contributed by atoms with Gasteiger partial charge in [-0.05, 0) is 29.7 Å². The molecule has 0 aliphatic heterocycles. The van der Waals surface area contributed by atoms with E-state index in [4.69, 9.17) is 0 Å². The van der Waals surface area contributed by atoms with Crippen molar-refractivity contribution >= 4 is 17.6 Å². The lowest BCUT2D eigenvalue weighted by molar-refractivity contribution is -0.140. The monoisotopic (exact) mass is 311 g/mol. The van der Waals surface area contributed by atoms with E-state index in [9.17, 15) is 14.7 Å². The van der Waals surface area contributed by atoms with Crippen molar-refractivity contribution in [2.75, 3.05) is 5.32 Å². The topological polar surface area (TPSA) is 66.4 Å². The molecule has 2 N–H and O–H groups in total. The molecule has 0 aliphatic rings. The first-order valence-corrected chi connectivity index (χ1v) is 7.76. The lowest BCUT2D eigenvalue weighted by Crippen LogP contribution is -2.20. The van der Waals surface area contributed by atoms with Crippen molar-refractivity contribution in [2.45, 2.75) is 32.1 Å². The summed E-state index contributed by atoms with van der Waals surface area (Å²) in [5.41, 5.74) is 2.54. The maximum atomic E-state index is 12.1. The summed E-state index contributed by atoms with van der Waals surface area (Å²) in [4.78, 5) is 23.6. The van der Waals surface area contributed by atoms with Crippen LogP contribution < -0.4 is 5.32 Å². The molecule has 23 heavy (non-hydrogen) atoms. The van der Waals surface area contributed by atoms with Crippen LogP contribution in [0.4, 0.5) is 5.69 Å². The van der Waals surface area contributed by atoms with E-state index < -0.39 is 11.9 Å². The van der Waals surface area contributed by atoms with Crippen molar-refractivity contribution in [1.29, 1.82) is 0 Å². The largest absolute Gasteiger partial charge is 0.481 e. The van der Waals surface area contributed by atoms with Crippen LogP contribution in [-0.2, 0) is 16.0 Å². The van der Waals surface area contributed by atoms with E-state index in [-0.39, 0.29) is 12.3 Å². The van der Waals surface area contributed by atoms with Crippen molar-refractivity contribution in [3.8, 4) is 0 Å². The number of carbonyl (C=O) groups excluding carboxylic acids is 1. The third-order valence-corrected chi connectivity index (χ3v) is 3.67. The van der Waals surface area contributed by atoms with Crippen LogP contribution in [0.3, 0.4) is 0 Å². The maximum Gasteiger partial charge on any atom is 0.311 e. The van der Waals surface area contributed by atoms with E-state index in [0.29, 0.717) is 11.3 Å². The van der Waals surface area contributed by atoms with Crippen LogP contribution >= 0.6 is 0 Å². The van der Waals surface area contributed by atoms with Crippen LogP contribution in [0, 0.1) is 0 Å². The van der Waals surface area contributed by atoms with Gasteiger partial charge >= 0.3 is 5.97 Å². The molecule has 1 amide bonds. The number of hydrogen-bond donors (Lipinski definition) is 2. The SMILES string of the molecule is CCCc1ccc(NC(=O)C[C@H](C(=O)O)c2ccccc2)cc1. The molecule has 2 aromatic carbocycles. The predicted octanol–water partition coefficient (Wildman–Crippen LogP) is 3.84. The number of anilines is 1. The number of carboxylic acid groups (broad SMARTS) is 1. The van der Waals surface area contributed by atoms with Crippen molar-refractivity contribution in [1.82, 2.24) is 0 Å². The molecular formula is C19H21NO3. The number of nitrogens with one attached hydrogen (secondary N) is 1. The van der Waals surface area contributed by atoms with Crippen LogP contribution in [0.25, 0.3) is 0 Å². The van der Waals surface area contributed by atoms with E-state index >= 15 is 0 Å². The summed E-state index contributed by atoms with van der Waals surface area (Å²) in [5.74, 6) is -2.13. The molecule has 4 nitrogen and oxygen atoms in total. The zero-order chi connectivity index (χ0) is 16.7. The van der Waals surface area contributed by atoms with Crippen LogP contribution in [0.15, 0.2) is 54.6 Å². The standard InChI is InChI=1S/C19H21NO3/c1-2-6-14-9-11-16(12-10-14)20-18(21)13-17(19(22)23)15-7-4-3-5-8-15/h3-5,7-12,17H,2,6,13H2,1H3,(H,20,21)(H,22,23)/t17-/m0/s1. The Morgan fingerprint density at radius 3 is 2.26 bits per heavy atom. The summed E-state index contributed by atoms with van der Waals surface area (Å²) in [6.07, 6.45) is 1.99. The third kappa shape index (κ3) is 4.95. The Hall–Kier alpha value is -2.62. The number of carboxylic acids is 1. The lowest BCUT2D eigenvalue weighted by Gasteiger charge is -2.13. The molecule has 1 atom stereocenters. The fourth-order valence-electron chi connectivity index (χ4n) is 2.47. The van der Waals surface area contributed by atoms with Crippen molar-refractivity contribution in [2.24, 2.45) is 0 Å². The number of amides is 1. The molecule has 0 radical (unpaired) electrons. The highest BCUT2D eigenvalue weighted by Gasteiger charge is 2.23. The van der Waals surface area contributed by atoms with Crippen LogP contribution in [-0.4, -0.2) is 17.0 Å². The molecule has 0 aliphatic carbocycles. The molecule has 0 heterocycles. The van der Waals surface area contributed by atoms with Gasteiger partial charge in [0.2, 0.25) is 5.91 Å². The number of hydrogen-bond acceptors (Lipinski definition) is 2. The van der Waals surface area contributed by atoms with Crippen molar-refractivity contribution in [3.05, 3.63) is 65.7 Å². The summed E-state index contributed by atoms with van der Waals surface area (Å²) in [6.45, 7) is 2.12. The van der Waals surface area contributed by atoms with E-state index in [0.717, 1.165) is 12.8 Å². The number of benzene rings is 2. The first kappa shape index (κ1) is 16.7. The smallest absolute Gasteiger partial charge is 0.311 e. The minimum absolute atomic E-state index is 0.0872. The van der Waals surface area contributed by atoms with Crippen LogP contribution in [0.5, 0.6) is 0 Å². The first-order valence-electron chi connectivity index (χ1n) is 7.76. The minimum Gasteiger partial charge on any atom is -0.481 e. The molecule has 0 saturated heterocycles. The highest BCUT2D eigenvalue weighted by molar-refractivity contribution is 5.94. The average molecular weight is 311 g/mol. The third-order valence-electron chi connectivity index (χ3n) is 3.67. The second kappa shape index (κ2) is 8.13. The summed E-state index contributed by atoms with van der Waals surface area (Å²) in [6, 6.07) is 16.5. The van der Waals surface area contributed by atoms with Gasteiger partial charge in [-0.1, -0.05) is 55.8 Å². The molecule has 0 spiro atoms. The number of aliphatic carboxylic acids is 1. The Balaban J connectivity index is 2.00. The molecule has 0 bridgehead atoms. The molecule has 4 heteroatoms. The molecule has 2 aromatic rings. The normalized spacial score (nSPS) is 11.7. The fourth-order valence-corrected chi connectivity index (χ4v) is 2.47. The van der Waals surface area contributed by atoms with Gasteiger partial charge in [0.25, 0.3) is 0 Å². The van der Waals surface area contributed by atoms with Gasteiger partial charge in [-0.2, -0.15) is 0 Å². The Morgan fingerprint density at radius 1 is 1.04 bits per heavy atom. The van der Waals surface area contributed by atoms with Gasteiger partial charge in [-0.25, -0.2) is 0 Å². The zero-order valence-electron chi connectivity index (χ0n) is 13.2. The number of carbonyl (C=O) groups is 2. The summed E-state index contributed by atoms with van der Waals surface area (Å²) >= 11 is 0. The Bertz CT molecular complexity index is 650. The maximum absolute atomic E-state index is 12.1. The lowest BCUT2D eigenvalue weighted by atomic mass is 9.95. The van der Waals surface area contributed by atoms with E-state index in [1.165, 1.54) is 5.56 Å². The van der Waals surface area contributed by atoms with Gasteiger partial charge in [0.05, 0.1) is 5.92 Å². The Morgan fingerprint density at radius 2 is 1.70 bits per heavy atom. The van der Waals surface area contributed by atoms with Crippen LogP contribution in [0.1, 0.15) is 36.8 Å². The first-order chi connectivity index (χ1) is 11.1. The van der Waals surface area contributed by atoms with Gasteiger partial charge in [-0.15, -0.1) is 0 Å². The zero-order valence-corrected chi connectivity index (χ0v) is 13.2. The molecular weight excluding hydrogens is 290 g/mol. The molecule has 0 fully saturated rings. The molecule has 120 valence electrons. The summed E-state index contributed by atoms with van der Waals surface area (Å²) in [7, 11) is 0. The van der Waals surface area contributed by atoms with Gasteiger partial charge in [-0.3, -0.25) is 9.59 Å². The van der Waals surface area contributed by atoms with E-state index in [1.54, 1.807) is 24.3 Å². The quantitative estimate of drug-likeness (QED) is 0.816. The van der Waals surface area contributed by atoms with Crippen molar-refractivity contribution < 1.29 is 14.7 Å². The number of rotatable bonds is 7. The average Bonchev–Trinajstić information content (AvgIpc) is 2.55. The second-order valence-electron chi connectivity index (χ2n) is 5.50. The molecule has 0 saturated carbocycles. The van der Waals surface area contributed by atoms with Gasteiger partial charge < -0.3 is 10.4 Å². The highest BCUT2D eigenvalue weighted by atomic mass is 16.4. The van der Waals surface area contributed by atoms with E-state index in [2.05, 4.69) is 12.2 Å². The predicted molar refractivity (Wildman–Crippen MR) is 90.5 cm³/mol. The molecule has 0 aromatic heterocycles. The molecule has 0 unspecified atom stereocenters. The van der Waals surface area contributed by atoms with Crippen molar-refractivity contribution in [3.63, 3.8) is 0 Å². The summed E-state index contributed by atoms with van der Waals surface area (Å²) < 4.78 is 0. The van der Waals surface area contributed by atoms with Gasteiger partial charge in [0.1, 0.15) is 0 Å². The van der Waals surface area contributed by atoms with Gasteiger partial charge in [0.15, 0.2) is 0 Å². The summed E-state index contributed by atoms with van der Waals surface area (Å²) in [5, 5.41) is 12.1. The second-order valence-corrected chi connectivity index (χ2v) is 5.50. The van der Waals surface area contributed by atoms with Crippen LogP contribution in [0.2, 0.25) is 0 Å².